The SMILES string of the molecule is CC/C=C\C/C=C\C/C=C\C/C=C\C/C=C\CCCCCC(=O)OC(COC(=O)CCCCCCCCCCC)COP(=O)(O)OCC(CO)OC(=O)CCCCCCCC/C=C\C/C=C\C/C=C\CCCCC. The molecule has 0 aliphatic rings. The fraction of sp³-hybridized carbons (Fsp3) is 0.694. The summed E-state index contributed by atoms with van der Waals surface area (Å²) in [6.45, 7) is 4.43. The lowest BCUT2D eigenvalue weighted by atomic mass is 10.1. The van der Waals surface area contributed by atoms with Crippen molar-refractivity contribution in [1.82, 2.24) is 0 Å². The van der Waals surface area contributed by atoms with E-state index in [0.717, 1.165) is 122 Å². The number of carbonyl (C=O) groups is 3. The van der Waals surface area contributed by atoms with Crippen molar-refractivity contribution in [3.63, 3.8) is 0 Å². The lowest BCUT2D eigenvalue weighted by Gasteiger charge is -2.21. The summed E-state index contributed by atoms with van der Waals surface area (Å²) < 4.78 is 39.4. The van der Waals surface area contributed by atoms with Gasteiger partial charge in [-0.2, -0.15) is 0 Å². The zero-order valence-electron chi connectivity index (χ0n) is 46.8. The number of carbonyl (C=O) groups excluding carboxylic acids is 3. The maximum absolute atomic E-state index is 12.9. The third-order valence-corrected chi connectivity index (χ3v) is 12.9. The molecule has 0 radical (unpaired) electrons. The van der Waals surface area contributed by atoms with Crippen molar-refractivity contribution < 1.29 is 52.2 Å². The summed E-state index contributed by atoms with van der Waals surface area (Å²) in [4.78, 5) is 48.4. The Morgan fingerprint density at radius 1 is 0.392 bits per heavy atom. The van der Waals surface area contributed by atoms with E-state index < -0.39 is 57.8 Å². The summed E-state index contributed by atoms with van der Waals surface area (Å²) in [5.41, 5.74) is 0. The van der Waals surface area contributed by atoms with Gasteiger partial charge in [-0.3, -0.25) is 23.4 Å². The molecule has 0 amide bonds. The molecule has 0 aliphatic heterocycles. The fourth-order valence-corrected chi connectivity index (χ4v) is 8.35. The first-order valence-corrected chi connectivity index (χ1v) is 30.6. The quantitative estimate of drug-likeness (QED) is 0.0197. The maximum atomic E-state index is 12.9. The highest BCUT2D eigenvalue weighted by atomic mass is 31.2. The number of ether oxygens (including phenoxy) is 3. The molecule has 0 aromatic rings. The lowest BCUT2D eigenvalue weighted by Crippen LogP contribution is -2.30. The third kappa shape index (κ3) is 53.2. The molecule has 0 saturated heterocycles. The van der Waals surface area contributed by atoms with Gasteiger partial charge >= 0.3 is 25.7 Å². The topological polar surface area (TPSA) is 155 Å². The minimum absolute atomic E-state index is 0.125. The van der Waals surface area contributed by atoms with Crippen molar-refractivity contribution in [2.75, 3.05) is 26.4 Å². The van der Waals surface area contributed by atoms with Gasteiger partial charge in [0.05, 0.1) is 19.8 Å². The molecule has 3 atom stereocenters. The van der Waals surface area contributed by atoms with Gasteiger partial charge in [0, 0.05) is 19.3 Å². The van der Waals surface area contributed by atoms with E-state index in [-0.39, 0.29) is 25.9 Å². The normalized spacial score (nSPS) is 14.1. The number of hydrogen-bond donors (Lipinski definition) is 2. The molecule has 11 nitrogen and oxygen atoms in total. The Balaban J connectivity index is 4.69. The number of rotatable bonds is 53. The van der Waals surface area contributed by atoms with Crippen LogP contribution in [0, 0.1) is 0 Å². The molecule has 0 aliphatic carbocycles. The van der Waals surface area contributed by atoms with Gasteiger partial charge < -0.3 is 24.2 Å². The van der Waals surface area contributed by atoms with Crippen LogP contribution in [0.4, 0.5) is 0 Å². The van der Waals surface area contributed by atoms with Crippen molar-refractivity contribution in [2.24, 2.45) is 0 Å². The number of phosphoric acid groups is 1. The Hall–Kier alpha value is -3.60. The average molecular weight is 1060 g/mol. The zero-order chi connectivity index (χ0) is 54.1. The van der Waals surface area contributed by atoms with E-state index in [4.69, 9.17) is 23.3 Å². The second-order valence-electron chi connectivity index (χ2n) is 19.1. The van der Waals surface area contributed by atoms with Gasteiger partial charge in [0.15, 0.2) is 6.10 Å². The molecule has 424 valence electrons. The molecule has 0 fully saturated rings. The molecule has 0 bridgehead atoms. The first-order chi connectivity index (χ1) is 36.2. The molecule has 0 saturated carbocycles. The number of unbranched alkanes of at least 4 members (excludes halogenated alkanes) is 20. The maximum Gasteiger partial charge on any atom is 0.472 e. The molecule has 3 unspecified atom stereocenters. The highest BCUT2D eigenvalue weighted by Crippen LogP contribution is 2.43. The number of esters is 3. The minimum Gasteiger partial charge on any atom is -0.462 e. The van der Waals surface area contributed by atoms with Crippen LogP contribution in [0.2, 0.25) is 0 Å². The number of aliphatic hydroxyl groups is 1. The number of phosphoric ester groups is 1. The smallest absolute Gasteiger partial charge is 0.462 e. The van der Waals surface area contributed by atoms with Gasteiger partial charge in [-0.25, -0.2) is 4.57 Å². The molecule has 0 aromatic heterocycles. The molecule has 0 heterocycles. The van der Waals surface area contributed by atoms with Crippen LogP contribution in [0.1, 0.15) is 239 Å². The van der Waals surface area contributed by atoms with Gasteiger partial charge in [0.2, 0.25) is 0 Å². The highest BCUT2D eigenvalue weighted by molar-refractivity contribution is 7.47. The average Bonchev–Trinajstić information content (AvgIpc) is 3.39. The van der Waals surface area contributed by atoms with Crippen LogP contribution in [0.3, 0.4) is 0 Å². The standard InChI is InChI=1S/C62H105O11P/c1-4-7-10-13-16-19-21-23-25-27-29-31-33-35-37-40-43-46-49-52-61(65)72-58(54-63)56-70-74(67,68)71-57-59(55-69-60(64)51-48-45-42-39-18-15-12-9-6-3)73-62(66)53-50-47-44-41-38-36-34-32-30-28-26-24-22-20-17-14-11-8-5-2/h8,11,16-17,19-20,23-26,29-32,36,38,58-59,63H,4-7,9-10,12-15,18,21-22,27-28,33-35,37,39-57H2,1-3H3,(H,67,68)/b11-8-,19-16-,20-17-,25-23-,26-24-,31-29-,32-30-,38-36-. The summed E-state index contributed by atoms with van der Waals surface area (Å²) in [6, 6.07) is 0. The van der Waals surface area contributed by atoms with Gasteiger partial charge in [-0.05, 0) is 103 Å². The first kappa shape index (κ1) is 70.4. The summed E-state index contributed by atoms with van der Waals surface area (Å²) in [5, 5.41) is 9.82. The summed E-state index contributed by atoms with van der Waals surface area (Å²) in [5.74, 6) is -1.52. The Bertz CT molecular complexity index is 1610. The molecule has 2 N–H and O–H groups in total. The predicted octanol–water partition coefficient (Wildman–Crippen LogP) is 17.3. The highest BCUT2D eigenvalue weighted by Gasteiger charge is 2.28. The Morgan fingerprint density at radius 3 is 1.12 bits per heavy atom. The van der Waals surface area contributed by atoms with Crippen LogP contribution in [-0.4, -0.2) is 66.5 Å². The molecule has 0 spiro atoms. The van der Waals surface area contributed by atoms with Crippen molar-refractivity contribution in [3.8, 4) is 0 Å². The summed E-state index contributed by atoms with van der Waals surface area (Å²) >= 11 is 0. The van der Waals surface area contributed by atoms with E-state index in [2.05, 4.69) is 118 Å². The van der Waals surface area contributed by atoms with Crippen molar-refractivity contribution in [3.05, 3.63) is 97.2 Å². The van der Waals surface area contributed by atoms with Crippen LogP contribution in [0.5, 0.6) is 0 Å². The number of allylic oxidation sites excluding steroid dienone is 16. The van der Waals surface area contributed by atoms with E-state index in [0.29, 0.717) is 19.3 Å². The largest absolute Gasteiger partial charge is 0.472 e. The molecule has 74 heavy (non-hydrogen) atoms. The Kier molecular flexibility index (Phi) is 52.9. The van der Waals surface area contributed by atoms with Crippen LogP contribution < -0.4 is 0 Å². The van der Waals surface area contributed by atoms with Crippen LogP contribution in [-0.2, 0) is 42.2 Å². The van der Waals surface area contributed by atoms with Crippen LogP contribution >= 0.6 is 7.82 Å². The van der Waals surface area contributed by atoms with Gasteiger partial charge in [-0.1, -0.05) is 214 Å². The van der Waals surface area contributed by atoms with Gasteiger partial charge in [0.1, 0.15) is 12.7 Å². The van der Waals surface area contributed by atoms with Crippen LogP contribution in [0.25, 0.3) is 0 Å². The van der Waals surface area contributed by atoms with E-state index in [9.17, 15) is 28.9 Å². The number of aliphatic hydroxyl groups excluding tert-OH is 1. The van der Waals surface area contributed by atoms with Gasteiger partial charge in [-0.15, -0.1) is 0 Å². The van der Waals surface area contributed by atoms with E-state index in [1.165, 1.54) is 57.8 Å². The molecule has 12 heteroatoms. The third-order valence-electron chi connectivity index (χ3n) is 12.0. The lowest BCUT2D eigenvalue weighted by molar-refractivity contribution is -0.161. The molecule has 0 rings (SSSR count). The molecular weight excluding hydrogens is 952 g/mol. The summed E-state index contributed by atoms with van der Waals surface area (Å²) in [7, 11) is -4.76. The van der Waals surface area contributed by atoms with Gasteiger partial charge in [0.25, 0.3) is 0 Å². The Morgan fingerprint density at radius 2 is 0.703 bits per heavy atom. The van der Waals surface area contributed by atoms with E-state index in [1.807, 2.05) is 0 Å². The van der Waals surface area contributed by atoms with Crippen molar-refractivity contribution in [1.29, 1.82) is 0 Å². The zero-order valence-corrected chi connectivity index (χ0v) is 47.7. The van der Waals surface area contributed by atoms with Crippen molar-refractivity contribution >= 4 is 25.7 Å². The number of hydrogen-bond acceptors (Lipinski definition) is 10. The fourth-order valence-electron chi connectivity index (χ4n) is 7.57. The van der Waals surface area contributed by atoms with Crippen molar-refractivity contribution in [2.45, 2.75) is 251 Å². The van der Waals surface area contributed by atoms with E-state index >= 15 is 0 Å². The van der Waals surface area contributed by atoms with Crippen LogP contribution in [0.15, 0.2) is 97.2 Å². The second-order valence-corrected chi connectivity index (χ2v) is 20.5. The Labute approximate surface area is 451 Å². The monoisotopic (exact) mass is 1060 g/mol. The first-order valence-electron chi connectivity index (χ1n) is 29.1. The summed E-state index contributed by atoms with van der Waals surface area (Å²) in [6.07, 6.45) is 65.1. The predicted molar refractivity (Wildman–Crippen MR) is 307 cm³/mol. The van der Waals surface area contributed by atoms with E-state index in [1.54, 1.807) is 0 Å². The minimum atomic E-state index is -4.76. The molecular formula is C62H105O11P. The molecule has 0 aromatic carbocycles. The second kappa shape index (κ2) is 55.6.